The summed E-state index contributed by atoms with van der Waals surface area (Å²) >= 11 is 7.05. The van der Waals surface area contributed by atoms with Crippen molar-refractivity contribution >= 4 is 28.9 Å². The molecule has 3 nitrogen and oxygen atoms in total. The average Bonchev–Trinajstić information content (AvgIpc) is 2.53. The number of aliphatic carboxylic acids is 1. The van der Waals surface area contributed by atoms with E-state index in [9.17, 15) is 4.79 Å². The molecule has 0 aliphatic heterocycles. The van der Waals surface area contributed by atoms with Gasteiger partial charge < -0.3 is 10.8 Å². The number of carboxylic acid groups (broad SMARTS) is 1. The fraction of sp³-hybridized carbons (Fsp3) is 0.375. The minimum Gasteiger partial charge on any atom is -0.480 e. The van der Waals surface area contributed by atoms with Crippen LogP contribution in [0.1, 0.15) is 16.9 Å². The molecule has 1 unspecified atom stereocenters. The van der Waals surface area contributed by atoms with Crippen LogP contribution in [0.15, 0.2) is 6.07 Å². The first-order valence-electron chi connectivity index (χ1n) is 3.85. The van der Waals surface area contributed by atoms with Gasteiger partial charge in [-0.15, -0.1) is 11.3 Å². The van der Waals surface area contributed by atoms with E-state index in [-0.39, 0.29) is 0 Å². The van der Waals surface area contributed by atoms with Crippen LogP contribution in [0.4, 0.5) is 0 Å². The van der Waals surface area contributed by atoms with Crippen LogP contribution in [-0.4, -0.2) is 11.1 Å². The maximum absolute atomic E-state index is 10.9. The van der Waals surface area contributed by atoms with Crippen LogP contribution in [0, 0.1) is 0 Å². The number of fused-ring (bicyclic) bond motifs is 1. The smallest absolute Gasteiger partial charge is 0.329 e. The summed E-state index contributed by atoms with van der Waals surface area (Å²) in [5.74, 6) is -0.968. The van der Waals surface area contributed by atoms with Gasteiger partial charge in [0.05, 0.1) is 4.34 Å². The highest BCUT2D eigenvalue weighted by Gasteiger charge is 2.43. The van der Waals surface area contributed by atoms with Gasteiger partial charge in [0.15, 0.2) is 0 Å². The lowest BCUT2D eigenvalue weighted by atomic mass is 10.0. The van der Waals surface area contributed by atoms with Crippen LogP contribution >= 0.6 is 22.9 Å². The predicted octanol–water partition coefficient (Wildman–Crippen LogP) is 1.59. The number of nitrogens with two attached hydrogens (primary N) is 1. The Kier molecular flexibility index (Phi) is 1.87. The van der Waals surface area contributed by atoms with E-state index in [1.165, 1.54) is 11.3 Å². The molecule has 0 spiro atoms. The Morgan fingerprint density at radius 2 is 2.46 bits per heavy atom. The van der Waals surface area contributed by atoms with Crippen molar-refractivity contribution in [3.05, 3.63) is 20.8 Å². The van der Waals surface area contributed by atoms with E-state index in [0.29, 0.717) is 22.1 Å². The van der Waals surface area contributed by atoms with E-state index in [1.54, 1.807) is 6.07 Å². The predicted molar refractivity (Wildman–Crippen MR) is 51.2 cm³/mol. The lowest BCUT2D eigenvalue weighted by Gasteiger charge is -2.17. The second-order valence-corrected chi connectivity index (χ2v) is 4.86. The number of hydrogen-bond donors (Lipinski definition) is 2. The van der Waals surface area contributed by atoms with Crippen LogP contribution in [0.5, 0.6) is 0 Å². The van der Waals surface area contributed by atoms with Gasteiger partial charge in [-0.2, -0.15) is 0 Å². The Labute approximate surface area is 84.1 Å². The number of aryl methyl sites for hydroxylation is 1. The molecule has 2 rings (SSSR count). The van der Waals surface area contributed by atoms with Gasteiger partial charge >= 0.3 is 5.97 Å². The molecule has 1 aromatic rings. The molecule has 0 saturated carbocycles. The maximum atomic E-state index is 10.9. The lowest BCUT2D eigenvalue weighted by Crippen LogP contribution is -2.42. The fourth-order valence-electron chi connectivity index (χ4n) is 1.61. The molecule has 0 bridgehead atoms. The fourth-order valence-corrected chi connectivity index (χ4v) is 3.03. The lowest BCUT2D eigenvalue weighted by molar-refractivity contribution is -0.143. The molecule has 13 heavy (non-hydrogen) atoms. The largest absolute Gasteiger partial charge is 0.480 e. The van der Waals surface area contributed by atoms with Gasteiger partial charge in [0.1, 0.15) is 5.54 Å². The van der Waals surface area contributed by atoms with Gasteiger partial charge in [0, 0.05) is 4.88 Å². The van der Waals surface area contributed by atoms with E-state index in [4.69, 9.17) is 22.4 Å². The molecular weight excluding hydrogens is 210 g/mol. The molecule has 1 heterocycles. The second-order valence-electron chi connectivity index (χ2n) is 3.18. The number of rotatable bonds is 1. The van der Waals surface area contributed by atoms with Crippen molar-refractivity contribution in [2.75, 3.05) is 0 Å². The number of carbonyl (C=O) groups is 1. The van der Waals surface area contributed by atoms with Gasteiger partial charge in [-0.1, -0.05) is 11.6 Å². The summed E-state index contributed by atoms with van der Waals surface area (Å²) in [5, 5.41) is 8.97. The van der Waals surface area contributed by atoms with Crippen molar-refractivity contribution < 1.29 is 9.90 Å². The van der Waals surface area contributed by atoms with Gasteiger partial charge in [-0.25, -0.2) is 4.79 Å². The number of halogens is 1. The van der Waals surface area contributed by atoms with Crippen molar-refractivity contribution in [3.63, 3.8) is 0 Å². The average molecular weight is 218 g/mol. The molecule has 70 valence electrons. The minimum atomic E-state index is -1.20. The summed E-state index contributed by atoms with van der Waals surface area (Å²) in [7, 11) is 0. The van der Waals surface area contributed by atoms with Gasteiger partial charge in [-0.05, 0) is 24.5 Å². The second kappa shape index (κ2) is 2.70. The zero-order valence-corrected chi connectivity index (χ0v) is 8.28. The molecular formula is C8H8ClNO2S. The van der Waals surface area contributed by atoms with Crippen LogP contribution in [-0.2, 0) is 16.8 Å². The first-order valence-corrected chi connectivity index (χ1v) is 5.04. The standard InChI is InChI=1S/C8H8ClNO2S/c9-5-3-4-1-2-8(10,7(11)12)6(4)13-5/h3H,1-2,10H2,(H,11,12). The van der Waals surface area contributed by atoms with Crippen molar-refractivity contribution in [1.82, 2.24) is 0 Å². The third kappa shape index (κ3) is 1.17. The van der Waals surface area contributed by atoms with E-state index in [1.807, 2.05) is 0 Å². The minimum absolute atomic E-state index is 0.473. The Bertz CT molecular complexity index is 376. The molecule has 0 radical (unpaired) electrons. The normalized spacial score (nSPS) is 26.0. The molecule has 0 saturated heterocycles. The van der Waals surface area contributed by atoms with E-state index in [0.717, 1.165) is 5.56 Å². The quantitative estimate of drug-likeness (QED) is 0.751. The molecule has 3 N–H and O–H groups in total. The molecule has 1 aromatic heterocycles. The summed E-state index contributed by atoms with van der Waals surface area (Å²) in [6, 6.07) is 1.80. The summed E-state index contributed by atoms with van der Waals surface area (Å²) in [4.78, 5) is 11.6. The summed E-state index contributed by atoms with van der Waals surface area (Å²) in [6.45, 7) is 0. The topological polar surface area (TPSA) is 63.3 Å². The molecule has 5 heteroatoms. The van der Waals surface area contributed by atoms with Crippen LogP contribution in [0.3, 0.4) is 0 Å². The third-order valence-electron chi connectivity index (χ3n) is 2.35. The van der Waals surface area contributed by atoms with E-state index >= 15 is 0 Å². The third-order valence-corrected chi connectivity index (χ3v) is 3.84. The highest BCUT2D eigenvalue weighted by Crippen LogP contribution is 2.42. The van der Waals surface area contributed by atoms with Crippen LogP contribution < -0.4 is 5.73 Å². The summed E-state index contributed by atoms with van der Waals surface area (Å²) in [5.41, 5.74) is 5.56. The van der Waals surface area contributed by atoms with Crippen molar-refractivity contribution in [2.24, 2.45) is 5.73 Å². The van der Waals surface area contributed by atoms with E-state index in [2.05, 4.69) is 0 Å². The molecule has 0 fully saturated rings. The number of thiophene rings is 1. The van der Waals surface area contributed by atoms with Crippen molar-refractivity contribution in [3.8, 4) is 0 Å². The molecule has 1 atom stereocenters. The van der Waals surface area contributed by atoms with Crippen LogP contribution in [0.25, 0.3) is 0 Å². The zero-order valence-electron chi connectivity index (χ0n) is 6.71. The number of carboxylic acids is 1. The number of hydrogen-bond acceptors (Lipinski definition) is 3. The SMILES string of the molecule is NC1(C(=O)O)CCc2cc(Cl)sc21. The molecule has 1 aliphatic carbocycles. The van der Waals surface area contributed by atoms with Crippen molar-refractivity contribution in [2.45, 2.75) is 18.4 Å². The first-order chi connectivity index (χ1) is 6.04. The van der Waals surface area contributed by atoms with Crippen molar-refractivity contribution in [1.29, 1.82) is 0 Å². The monoisotopic (exact) mass is 217 g/mol. The summed E-state index contributed by atoms with van der Waals surface area (Å²) in [6.07, 6.45) is 1.18. The highest BCUT2D eigenvalue weighted by atomic mass is 35.5. The highest BCUT2D eigenvalue weighted by molar-refractivity contribution is 7.16. The van der Waals surface area contributed by atoms with Crippen LogP contribution in [0.2, 0.25) is 4.34 Å². The Morgan fingerprint density at radius 3 is 3.08 bits per heavy atom. The van der Waals surface area contributed by atoms with Gasteiger partial charge in [-0.3, -0.25) is 0 Å². The van der Waals surface area contributed by atoms with E-state index < -0.39 is 11.5 Å². The molecule has 0 amide bonds. The van der Waals surface area contributed by atoms with Gasteiger partial charge in [0.25, 0.3) is 0 Å². The first kappa shape index (κ1) is 8.99. The zero-order chi connectivity index (χ0) is 9.64. The maximum Gasteiger partial charge on any atom is 0.329 e. The molecule has 1 aliphatic rings. The molecule has 0 aromatic carbocycles. The van der Waals surface area contributed by atoms with Gasteiger partial charge in [0.2, 0.25) is 0 Å². The Balaban J connectivity index is 2.53. The Hall–Kier alpha value is -0.580. The Morgan fingerprint density at radius 1 is 1.77 bits per heavy atom. The summed E-state index contributed by atoms with van der Waals surface area (Å²) < 4.78 is 0.612.